The molecule has 1 fully saturated rings. The Hall–Kier alpha value is -0.650. The lowest BCUT2D eigenvalue weighted by Crippen LogP contribution is -2.36. The maximum atomic E-state index is 11.7. The number of hydrogen-bond donors (Lipinski definition) is 1. The van der Waals surface area contributed by atoms with Crippen molar-refractivity contribution in [3.8, 4) is 0 Å². The van der Waals surface area contributed by atoms with Gasteiger partial charge in [-0.25, -0.2) is 5.01 Å². The molecule has 1 aliphatic rings. The predicted molar refractivity (Wildman–Crippen MR) is 75.3 cm³/mol. The molecule has 0 bridgehead atoms. The largest absolute Gasteiger partial charge is 0.285 e. The Morgan fingerprint density at radius 1 is 1.24 bits per heavy atom. The average molecular weight is 268 g/mol. The number of nitrogens with one attached hydrogen (secondary N) is 1. The van der Waals surface area contributed by atoms with Crippen LogP contribution in [-0.2, 0) is 0 Å². The fourth-order valence-electron chi connectivity index (χ4n) is 1.61. The fourth-order valence-corrected chi connectivity index (χ4v) is 4.47. The van der Waals surface area contributed by atoms with E-state index in [0.29, 0.717) is 10.1 Å². The van der Waals surface area contributed by atoms with Gasteiger partial charge in [-0.3, -0.25) is 10.2 Å². The van der Waals surface area contributed by atoms with Crippen LogP contribution in [0.4, 0.5) is 0 Å². The normalized spacial score (nSPS) is 16.4. The Labute approximate surface area is 110 Å². The van der Waals surface area contributed by atoms with Crippen molar-refractivity contribution in [2.45, 2.75) is 4.58 Å². The SMILES string of the molecule is CN(C)NC(=O)c1ccc(C2SCCS2)cc1. The van der Waals surface area contributed by atoms with Gasteiger partial charge in [-0.2, -0.15) is 0 Å². The number of thioether (sulfide) groups is 2. The van der Waals surface area contributed by atoms with Crippen molar-refractivity contribution in [1.82, 2.24) is 10.4 Å². The van der Waals surface area contributed by atoms with Gasteiger partial charge >= 0.3 is 0 Å². The second-order valence-corrected chi connectivity index (χ2v) is 6.76. The summed E-state index contributed by atoms with van der Waals surface area (Å²) in [6.45, 7) is 0. The van der Waals surface area contributed by atoms with E-state index < -0.39 is 0 Å². The Kier molecular flexibility index (Phi) is 4.36. The van der Waals surface area contributed by atoms with Gasteiger partial charge in [0.2, 0.25) is 0 Å². The molecule has 0 aliphatic carbocycles. The number of nitrogens with zero attached hydrogens (tertiary/aromatic N) is 1. The van der Waals surface area contributed by atoms with Gasteiger partial charge in [0.15, 0.2) is 0 Å². The van der Waals surface area contributed by atoms with E-state index in [1.807, 2.05) is 35.7 Å². The number of rotatable bonds is 3. The monoisotopic (exact) mass is 268 g/mol. The molecule has 0 spiro atoms. The number of hydrogen-bond acceptors (Lipinski definition) is 4. The first-order valence-corrected chi connectivity index (χ1v) is 7.58. The molecule has 5 heteroatoms. The second kappa shape index (κ2) is 5.80. The highest BCUT2D eigenvalue weighted by Gasteiger charge is 2.18. The van der Waals surface area contributed by atoms with E-state index >= 15 is 0 Å². The van der Waals surface area contributed by atoms with Crippen molar-refractivity contribution < 1.29 is 4.79 Å². The van der Waals surface area contributed by atoms with Crippen molar-refractivity contribution in [2.75, 3.05) is 25.6 Å². The second-order valence-electron chi connectivity index (χ2n) is 4.03. The Morgan fingerprint density at radius 2 is 1.82 bits per heavy atom. The minimum Gasteiger partial charge on any atom is -0.285 e. The van der Waals surface area contributed by atoms with Crippen molar-refractivity contribution in [2.24, 2.45) is 0 Å². The predicted octanol–water partition coefficient (Wildman–Crippen LogP) is 2.37. The molecular weight excluding hydrogens is 252 g/mol. The highest BCUT2D eigenvalue weighted by Crippen LogP contribution is 2.45. The van der Waals surface area contributed by atoms with Crippen LogP contribution in [0.15, 0.2) is 24.3 Å². The van der Waals surface area contributed by atoms with Gasteiger partial charge in [-0.1, -0.05) is 12.1 Å². The molecule has 0 radical (unpaired) electrons. The van der Waals surface area contributed by atoms with E-state index in [0.717, 1.165) is 0 Å². The van der Waals surface area contributed by atoms with Crippen molar-refractivity contribution in [3.05, 3.63) is 35.4 Å². The molecule has 17 heavy (non-hydrogen) atoms. The third-order valence-corrected chi connectivity index (χ3v) is 5.50. The molecule has 0 atom stereocenters. The number of benzene rings is 1. The third-order valence-electron chi connectivity index (χ3n) is 2.39. The van der Waals surface area contributed by atoms with E-state index in [1.165, 1.54) is 17.1 Å². The molecule has 2 rings (SSSR count). The van der Waals surface area contributed by atoms with Crippen LogP contribution < -0.4 is 5.43 Å². The van der Waals surface area contributed by atoms with Crippen LogP contribution in [0.3, 0.4) is 0 Å². The minimum atomic E-state index is -0.0618. The van der Waals surface area contributed by atoms with E-state index in [2.05, 4.69) is 17.6 Å². The first-order chi connectivity index (χ1) is 8.16. The lowest BCUT2D eigenvalue weighted by molar-refractivity contribution is 0.0857. The van der Waals surface area contributed by atoms with Gasteiger partial charge in [0.1, 0.15) is 0 Å². The van der Waals surface area contributed by atoms with Crippen molar-refractivity contribution in [1.29, 1.82) is 0 Å². The number of hydrazine groups is 1. The molecule has 1 aromatic rings. The third kappa shape index (κ3) is 3.40. The summed E-state index contributed by atoms with van der Waals surface area (Å²) in [5.74, 6) is 2.38. The summed E-state index contributed by atoms with van der Waals surface area (Å²) < 4.78 is 0.543. The molecule has 0 saturated carbocycles. The van der Waals surface area contributed by atoms with E-state index in [9.17, 15) is 4.79 Å². The van der Waals surface area contributed by atoms with Crippen LogP contribution >= 0.6 is 23.5 Å². The summed E-state index contributed by atoms with van der Waals surface area (Å²) in [7, 11) is 3.61. The van der Waals surface area contributed by atoms with Gasteiger partial charge < -0.3 is 0 Å². The first kappa shape index (κ1) is 12.8. The van der Waals surface area contributed by atoms with Gasteiger partial charge in [-0.05, 0) is 17.7 Å². The summed E-state index contributed by atoms with van der Waals surface area (Å²) in [4.78, 5) is 11.7. The zero-order chi connectivity index (χ0) is 12.3. The molecule has 92 valence electrons. The highest BCUT2D eigenvalue weighted by molar-refractivity contribution is 8.19. The summed E-state index contributed by atoms with van der Waals surface area (Å²) in [5, 5.41) is 1.65. The lowest BCUT2D eigenvalue weighted by atomic mass is 10.1. The maximum absolute atomic E-state index is 11.7. The van der Waals surface area contributed by atoms with Crippen LogP contribution in [0.2, 0.25) is 0 Å². The summed E-state index contributed by atoms with van der Waals surface area (Å²) in [5.41, 5.74) is 4.74. The van der Waals surface area contributed by atoms with Gasteiger partial charge in [-0.15, -0.1) is 23.5 Å². The quantitative estimate of drug-likeness (QED) is 0.853. The van der Waals surface area contributed by atoms with Gasteiger partial charge in [0.05, 0.1) is 4.58 Å². The van der Waals surface area contributed by atoms with E-state index in [-0.39, 0.29) is 5.91 Å². The Bertz CT molecular complexity index is 386. The topological polar surface area (TPSA) is 32.3 Å². The highest BCUT2D eigenvalue weighted by atomic mass is 32.2. The Balaban J connectivity index is 2.04. The molecule has 1 aliphatic heterocycles. The van der Waals surface area contributed by atoms with Crippen molar-refractivity contribution >= 4 is 29.4 Å². The molecule has 1 amide bonds. The molecule has 1 heterocycles. The molecule has 0 unspecified atom stereocenters. The fraction of sp³-hybridized carbons (Fsp3) is 0.417. The lowest BCUT2D eigenvalue weighted by Gasteiger charge is -2.13. The molecule has 1 saturated heterocycles. The molecule has 0 aromatic heterocycles. The molecule has 1 aromatic carbocycles. The zero-order valence-electron chi connectivity index (χ0n) is 9.97. The van der Waals surface area contributed by atoms with Crippen LogP contribution in [0.5, 0.6) is 0 Å². The van der Waals surface area contributed by atoms with Crippen LogP contribution in [-0.4, -0.2) is 36.5 Å². The number of carbonyl (C=O) groups excluding carboxylic acids is 1. The van der Waals surface area contributed by atoms with Crippen LogP contribution in [0.25, 0.3) is 0 Å². The van der Waals surface area contributed by atoms with Crippen LogP contribution in [0.1, 0.15) is 20.5 Å². The zero-order valence-corrected chi connectivity index (χ0v) is 11.6. The maximum Gasteiger partial charge on any atom is 0.265 e. The summed E-state index contributed by atoms with van der Waals surface area (Å²) in [6.07, 6.45) is 0. The van der Waals surface area contributed by atoms with E-state index in [1.54, 1.807) is 19.1 Å². The number of amides is 1. The molecule has 1 N–H and O–H groups in total. The van der Waals surface area contributed by atoms with E-state index in [4.69, 9.17) is 0 Å². The standard InChI is InChI=1S/C12H16N2OS2/c1-14(2)13-11(15)9-3-5-10(6-4-9)12-16-7-8-17-12/h3-6,12H,7-8H2,1-2H3,(H,13,15). The summed E-state index contributed by atoms with van der Waals surface area (Å²) in [6, 6.07) is 7.91. The van der Waals surface area contributed by atoms with Gasteiger partial charge in [0.25, 0.3) is 5.91 Å². The summed E-state index contributed by atoms with van der Waals surface area (Å²) >= 11 is 3.95. The van der Waals surface area contributed by atoms with Gasteiger partial charge in [0, 0.05) is 31.2 Å². The van der Waals surface area contributed by atoms with Crippen LogP contribution in [0, 0.1) is 0 Å². The molecular formula is C12H16N2OS2. The first-order valence-electron chi connectivity index (χ1n) is 5.48. The minimum absolute atomic E-state index is 0.0618. The average Bonchev–Trinajstić information content (AvgIpc) is 2.82. The smallest absolute Gasteiger partial charge is 0.265 e. The van der Waals surface area contributed by atoms with Crippen molar-refractivity contribution in [3.63, 3.8) is 0 Å². The number of carbonyl (C=O) groups is 1. The Morgan fingerprint density at radius 3 is 2.35 bits per heavy atom. The molecule has 3 nitrogen and oxygen atoms in total.